The summed E-state index contributed by atoms with van der Waals surface area (Å²) in [5.41, 5.74) is 2.21. The fraction of sp³-hybridized carbons (Fsp3) is 0. The van der Waals surface area contributed by atoms with Crippen LogP contribution in [-0.4, -0.2) is 9.97 Å². The maximum Gasteiger partial charge on any atom is 0.214 e. The number of furan rings is 1. The fourth-order valence-electron chi connectivity index (χ4n) is 2.29. The molecule has 0 saturated carbocycles. The van der Waals surface area contributed by atoms with E-state index in [0.29, 0.717) is 17.0 Å². The largest absolute Gasteiger partial charge is 0.449 e. The monoisotopic (exact) mass is 272 g/mol. The standard InChI is InChI=1S/C12H5N2O2PS/c15-17-10-9(16-12(17)11(10)17)7-5-13-4-6(14-7)8-2-1-3-18-8/h1-5H. The second kappa shape index (κ2) is 2.66. The highest BCUT2D eigenvalue weighted by atomic mass is 32.1. The Bertz CT molecular complexity index is 857. The van der Waals surface area contributed by atoms with E-state index in [4.69, 9.17) is 4.42 Å². The average Bonchev–Trinajstić information content (AvgIpc) is 3.02. The Morgan fingerprint density at radius 3 is 2.72 bits per heavy atom. The Labute approximate surface area is 106 Å². The van der Waals surface area contributed by atoms with Crippen molar-refractivity contribution in [1.29, 1.82) is 0 Å². The predicted octanol–water partition coefficient (Wildman–Crippen LogP) is 1.73. The van der Waals surface area contributed by atoms with Crippen LogP contribution in [-0.2, 0) is 4.57 Å². The molecule has 2 bridgehead atoms. The van der Waals surface area contributed by atoms with Crippen molar-refractivity contribution < 1.29 is 8.98 Å². The third-order valence-corrected chi connectivity index (χ3v) is 6.74. The molecule has 0 aliphatic carbocycles. The summed E-state index contributed by atoms with van der Waals surface area (Å²) in [4.78, 5) is 9.80. The maximum absolute atomic E-state index is 11.9. The highest BCUT2D eigenvalue weighted by Crippen LogP contribution is 2.70. The van der Waals surface area contributed by atoms with Crippen LogP contribution in [0.5, 0.6) is 0 Å². The molecular weight excluding hydrogens is 267 g/mol. The average molecular weight is 272 g/mol. The smallest absolute Gasteiger partial charge is 0.214 e. The van der Waals surface area contributed by atoms with Gasteiger partial charge in [-0.05, 0) is 11.4 Å². The molecule has 0 amide bonds. The number of rotatable bonds is 2. The number of thiophene rings is 1. The van der Waals surface area contributed by atoms with Gasteiger partial charge in [-0.1, -0.05) is 6.07 Å². The van der Waals surface area contributed by atoms with Crippen molar-refractivity contribution in [3.63, 3.8) is 0 Å². The van der Waals surface area contributed by atoms with Crippen molar-refractivity contribution in [3.05, 3.63) is 29.9 Å². The Morgan fingerprint density at radius 1 is 1.22 bits per heavy atom. The van der Waals surface area contributed by atoms with Crippen LogP contribution in [0.1, 0.15) is 0 Å². The number of hydrogen-bond acceptors (Lipinski definition) is 5. The Morgan fingerprint density at radius 2 is 2.06 bits per heavy atom. The summed E-state index contributed by atoms with van der Waals surface area (Å²) in [6.07, 6.45) is 3.39. The fourth-order valence-corrected chi connectivity index (χ4v) is 5.46. The van der Waals surface area contributed by atoms with Crippen molar-refractivity contribution in [3.8, 4) is 22.0 Å². The lowest BCUT2D eigenvalue weighted by Crippen LogP contribution is -1.97. The van der Waals surface area contributed by atoms with Gasteiger partial charge in [0, 0.05) is 0 Å². The predicted molar refractivity (Wildman–Crippen MR) is 69.6 cm³/mol. The molecule has 6 heterocycles. The van der Waals surface area contributed by atoms with Crippen molar-refractivity contribution >= 4 is 34.6 Å². The van der Waals surface area contributed by atoms with Gasteiger partial charge in [-0.3, -0.25) is 4.98 Å². The van der Waals surface area contributed by atoms with E-state index in [1.807, 2.05) is 17.5 Å². The van der Waals surface area contributed by atoms with Crippen LogP contribution in [0, 0.1) is 0 Å². The van der Waals surface area contributed by atoms with E-state index in [1.54, 1.807) is 23.7 Å². The van der Waals surface area contributed by atoms with E-state index >= 15 is 0 Å². The quantitative estimate of drug-likeness (QED) is 0.459. The van der Waals surface area contributed by atoms with Gasteiger partial charge in [0.05, 0.1) is 33.6 Å². The summed E-state index contributed by atoms with van der Waals surface area (Å²) in [5.74, 6) is 0.661. The van der Waals surface area contributed by atoms with Crippen LogP contribution in [0.2, 0.25) is 0 Å². The third-order valence-electron chi connectivity index (χ3n) is 3.30. The van der Waals surface area contributed by atoms with E-state index in [2.05, 4.69) is 9.97 Å². The minimum absolute atomic E-state index is 0.661. The molecule has 0 radical (unpaired) electrons. The zero-order valence-electron chi connectivity index (χ0n) is 8.95. The summed E-state index contributed by atoms with van der Waals surface area (Å²) in [6.45, 7) is 0. The van der Waals surface area contributed by atoms with E-state index in [9.17, 15) is 4.57 Å². The summed E-state index contributed by atoms with van der Waals surface area (Å²) in [6, 6.07) is 3.98. The first kappa shape index (κ1) is 9.25. The highest BCUT2D eigenvalue weighted by Gasteiger charge is 2.74. The molecule has 3 aliphatic rings. The van der Waals surface area contributed by atoms with Crippen molar-refractivity contribution in [2.75, 3.05) is 0 Å². The lowest BCUT2D eigenvalue weighted by molar-refractivity contribution is 0.590. The number of aromatic nitrogens is 2. The van der Waals surface area contributed by atoms with E-state index in [1.165, 1.54) is 0 Å². The molecule has 6 heteroatoms. The lowest BCUT2D eigenvalue weighted by atomic mass is 10.3. The van der Waals surface area contributed by atoms with Crippen molar-refractivity contribution in [1.82, 2.24) is 9.97 Å². The normalized spacial score (nSPS) is 21.8. The Kier molecular flexibility index (Phi) is 1.36. The Balaban J connectivity index is 1.68. The minimum Gasteiger partial charge on any atom is -0.449 e. The molecule has 0 aromatic carbocycles. The van der Waals surface area contributed by atoms with Crippen molar-refractivity contribution in [2.24, 2.45) is 0 Å². The third kappa shape index (κ3) is 0.889. The molecule has 0 spiro atoms. The molecule has 0 N–H and O–H groups in total. The molecule has 4 nitrogen and oxygen atoms in total. The van der Waals surface area contributed by atoms with E-state index < -0.39 is 7.14 Å². The van der Waals surface area contributed by atoms with Gasteiger partial charge >= 0.3 is 0 Å². The summed E-state index contributed by atoms with van der Waals surface area (Å²) in [7, 11) is -2.16. The molecule has 1 atom stereocenters. The second-order valence-corrected chi connectivity index (χ2v) is 7.78. The zero-order chi connectivity index (χ0) is 11.9. The highest BCUT2D eigenvalue weighted by molar-refractivity contribution is 8.06. The molecule has 3 aliphatic heterocycles. The molecule has 0 saturated heterocycles. The molecule has 3 aromatic rings. The first-order valence-corrected chi connectivity index (χ1v) is 8.03. The number of fused-ring (bicyclic) bond motifs is 1. The van der Waals surface area contributed by atoms with Crippen LogP contribution >= 0.6 is 18.5 Å². The first-order valence-electron chi connectivity index (χ1n) is 5.45. The van der Waals surface area contributed by atoms with Gasteiger partial charge in [0.25, 0.3) is 0 Å². The Hall–Kier alpha value is -1.71. The molecule has 86 valence electrons. The summed E-state index contributed by atoms with van der Waals surface area (Å²) in [5, 5.41) is 3.86. The summed E-state index contributed by atoms with van der Waals surface area (Å²) >= 11 is 1.62. The molecule has 6 rings (SSSR count). The van der Waals surface area contributed by atoms with Gasteiger partial charge in [0.1, 0.15) is 5.69 Å². The van der Waals surface area contributed by atoms with Gasteiger partial charge in [-0.15, -0.1) is 11.3 Å². The topological polar surface area (TPSA) is 56.0 Å². The van der Waals surface area contributed by atoms with Crippen LogP contribution in [0.3, 0.4) is 0 Å². The van der Waals surface area contributed by atoms with E-state index in [-0.39, 0.29) is 0 Å². The van der Waals surface area contributed by atoms with Gasteiger partial charge < -0.3 is 8.98 Å². The molecule has 0 fully saturated rings. The van der Waals surface area contributed by atoms with Crippen LogP contribution < -0.4 is 16.1 Å². The van der Waals surface area contributed by atoms with Crippen LogP contribution in [0.25, 0.3) is 22.0 Å². The SMILES string of the molecule is O=P12c3oc(-c4cncc(-c5cccs5)n4)c1c32. The maximum atomic E-state index is 11.9. The van der Waals surface area contributed by atoms with Gasteiger partial charge in [0.2, 0.25) is 7.14 Å². The van der Waals surface area contributed by atoms with Gasteiger partial charge in [-0.25, -0.2) is 4.98 Å². The van der Waals surface area contributed by atoms with Crippen LogP contribution in [0.15, 0.2) is 34.3 Å². The van der Waals surface area contributed by atoms with E-state index in [0.717, 1.165) is 21.2 Å². The zero-order valence-corrected chi connectivity index (χ0v) is 10.7. The van der Waals surface area contributed by atoms with Gasteiger partial charge in [0.15, 0.2) is 11.3 Å². The first-order chi connectivity index (χ1) is 8.80. The van der Waals surface area contributed by atoms with Crippen molar-refractivity contribution in [2.45, 2.75) is 0 Å². The number of nitrogens with zero attached hydrogens (tertiary/aromatic N) is 2. The molecule has 3 aromatic heterocycles. The summed E-state index contributed by atoms with van der Waals surface area (Å²) < 4.78 is 17.5. The minimum atomic E-state index is -2.16. The molecule has 18 heavy (non-hydrogen) atoms. The lowest BCUT2D eigenvalue weighted by Gasteiger charge is -1.98. The molecular formula is C12H5N2O2PS. The van der Waals surface area contributed by atoms with Gasteiger partial charge in [-0.2, -0.15) is 0 Å². The van der Waals surface area contributed by atoms with Crippen LogP contribution in [0.4, 0.5) is 0 Å². The number of hydrogen-bond donors (Lipinski definition) is 0. The second-order valence-electron chi connectivity index (χ2n) is 4.31. The molecule has 1 unspecified atom stereocenters.